The molecule has 140 valence electrons. The summed E-state index contributed by atoms with van der Waals surface area (Å²) in [4.78, 5) is 14.3. The Morgan fingerprint density at radius 2 is 2.19 bits per heavy atom. The summed E-state index contributed by atoms with van der Waals surface area (Å²) in [5.41, 5.74) is -0.758. The highest BCUT2D eigenvalue weighted by molar-refractivity contribution is 6.34. The molecule has 1 saturated heterocycles. The van der Waals surface area contributed by atoms with Crippen molar-refractivity contribution in [3.8, 4) is 0 Å². The molecule has 4 heterocycles. The van der Waals surface area contributed by atoms with E-state index in [4.69, 9.17) is 16.3 Å². The number of alkyl halides is 3. The number of carbonyl (C=O) groups excluding carboxylic acids is 1. The second-order valence-electron chi connectivity index (χ2n) is 6.26. The van der Waals surface area contributed by atoms with E-state index in [0.717, 1.165) is 10.4 Å². The fourth-order valence-corrected chi connectivity index (χ4v) is 3.77. The molecule has 0 N–H and O–H groups in total. The van der Waals surface area contributed by atoms with Crippen LogP contribution in [0.25, 0.3) is 0 Å². The van der Waals surface area contributed by atoms with Gasteiger partial charge in [-0.15, -0.1) is 5.10 Å². The molecule has 1 amide bonds. The molecule has 0 spiro atoms. The lowest BCUT2D eigenvalue weighted by atomic mass is 10.00. The van der Waals surface area contributed by atoms with Gasteiger partial charge in [0.05, 0.1) is 30.6 Å². The minimum absolute atomic E-state index is 0.124. The van der Waals surface area contributed by atoms with Gasteiger partial charge in [-0.2, -0.15) is 18.3 Å². The SMILES string of the molecule is Cn1nc(C(F)(F)F)c(Cl)c1C(=O)N1CCC2OCc3cnnn3C2C1. The number of aryl methyl sites for hydroxylation is 1. The Labute approximate surface area is 150 Å². The minimum Gasteiger partial charge on any atom is -0.370 e. The lowest BCUT2D eigenvalue weighted by Gasteiger charge is -2.40. The van der Waals surface area contributed by atoms with Crippen LogP contribution in [0.15, 0.2) is 6.20 Å². The van der Waals surface area contributed by atoms with Gasteiger partial charge in [-0.25, -0.2) is 4.68 Å². The minimum atomic E-state index is -4.73. The second kappa shape index (κ2) is 5.95. The van der Waals surface area contributed by atoms with Crippen LogP contribution in [0.1, 0.15) is 34.3 Å². The fourth-order valence-electron chi connectivity index (χ4n) is 3.42. The molecule has 2 aliphatic rings. The van der Waals surface area contributed by atoms with Gasteiger partial charge in [-0.05, 0) is 6.42 Å². The van der Waals surface area contributed by atoms with E-state index < -0.39 is 22.8 Å². The number of aromatic nitrogens is 5. The quantitative estimate of drug-likeness (QED) is 0.740. The normalized spacial score (nSPS) is 22.9. The van der Waals surface area contributed by atoms with E-state index in [2.05, 4.69) is 15.4 Å². The Hall–Kier alpha value is -2.14. The van der Waals surface area contributed by atoms with Crippen molar-refractivity contribution < 1.29 is 22.7 Å². The Kier molecular flexibility index (Phi) is 3.95. The molecule has 2 atom stereocenters. The van der Waals surface area contributed by atoms with Crippen LogP contribution in [-0.4, -0.2) is 54.8 Å². The lowest BCUT2D eigenvalue weighted by Crippen LogP contribution is -2.50. The van der Waals surface area contributed by atoms with E-state index in [1.54, 1.807) is 10.9 Å². The van der Waals surface area contributed by atoms with Gasteiger partial charge in [0.1, 0.15) is 10.7 Å². The smallest absolute Gasteiger partial charge is 0.370 e. The van der Waals surface area contributed by atoms with Gasteiger partial charge in [0, 0.05) is 20.1 Å². The largest absolute Gasteiger partial charge is 0.436 e. The number of rotatable bonds is 1. The van der Waals surface area contributed by atoms with Crippen molar-refractivity contribution in [2.24, 2.45) is 7.05 Å². The third kappa shape index (κ3) is 2.65. The first-order valence-corrected chi connectivity index (χ1v) is 8.24. The van der Waals surface area contributed by atoms with Crippen LogP contribution in [0.4, 0.5) is 13.2 Å². The molecule has 0 aliphatic carbocycles. The molecule has 2 aromatic heterocycles. The zero-order valence-electron chi connectivity index (χ0n) is 13.6. The summed E-state index contributed by atoms with van der Waals surface area (Å²) in [6, 6.07) is -0.243. The Morgan fingerprint density at radius 1 is 1.42 bits per heavy atom. The molecule has 0 radical (unpaired) electrons. The molecule has 8 nitrogen and oxygen atoms in total. The number of carbonyl (C=O) groups is 1. The maximum absolute atomic E-state index is 13.0. The van der Waals surface area contributed by atoms with Crippen molar-refractivity contribution >= 4 is 17.5 Å². The van der Waals surface area contributed by atoms with Crippen LogP contribution in [0, 0.1) is 0 Å². The van der Waals surface area contributed by atoms with Crippen molar-refractivity contribution in [3.63, 3.8) is 0 Å². The second-order valence-corrected chi connectivity index (χ2v) is 6.64. The molecule has 0 saturated carbocycles. The molecule has 1 fully saturated rings. The van der Waals surface area contributed by atoms with Crippen molar-refractivity contribution in [1.29, 1.82) is 0 Å². The Balaban J connectivity index is 1.62. The Bertz CT molecular complexity index is 863. The highest BCUT2D eigenvalue weighted by atomic mass is 35.5. The standard InChI is InChI=1S/C14H14ClF3N6O2/c1-22-11(10(15)12(20-22)14(16,17)18)13(25)23-3-2-9-8(5-23)24-7(6-26-9)4-19-21-24/h4,8-9H,2-3,5-6H2,1H3. The van der Waals surface area contributed by atoms with Crippen LogP contribution in [-0.2, 0) is 24.6 Å². The number of hydrogen-bond acceptors (Lipinski definition) is 5. The molecule has 2 unspecified atom stereocenters. The number of likely N-dealkylation sites (tertiary alicyclic amines) is 1. The van der Waals surface area contributed by atoms with E-state index in [1.807, 2.05) is 0 Å². The van der Waals surface area contributed by atoms with Gasteiger partial charge in [-0.1, -0.05) is 16.8 Å². The average molecular weight is 391 g/mol. The maximum atomic E-state index is 13.0. The first-order valence-electron chi connectivity index (χ1n) is 7.87. The molecular formula is C14H14ClF3N6O2. The molecule has 12 heteroatoms. The molecule has 0 aromatic carbocycles. The zero-order valence-corrected chi connectivity index (χ0v) is 14.3. The average Bonchev–Trinajstić information content (AvgIpc) is 3.18. The van der Waals surface area contributed by atoms with Crippen LogP contribution in [0.3, 0.4) is 0 Å². The molecule has 0 bridgehead atoms. The highest BCUT2D eigenvalue weighted by Gasteiger charge is 2.42. The van der Waals surface area contributed by atoms with Crippen LogP contribution >= 0.6 is 11.6 Å². The number of ether oxygens (including phenoxy) is 1. The summed E-state index contributed by atoms with van der Waals surface area (Å²) < 4.78 is 47.3. The molecule has 4 rings (SSSR count). The first kappa shape index (κ1) is 17.3. The molecule has 2 aliphatic heterocycles. The van der Waals surface area contributed by atoms with Crippen LogP contribution in [0.5, 0.6) is 0 Å². The molecule has 2 aromatic rings. The van der Waals surface area contributed by atoms with Crippen LogP contribution < -0.4 is 0 Å². The summed E-state index contributed by atoms with van der Waals surface area (Å²) >= 11 is 5.83. The maximum Gasteiger partial charge on any atom is 0.436 e. The summed E-state index contributed by atoms with van der Waals surface area (Å²) in [6.07, 6.45) is -2.73. The van der Waals surface area contributed by atoms with E-state index in [0.29, 0.717) is 19.6 Å². The zero-order chi connectivity index (χ0) is 18.6. The molecule has 26 heavy (non-hydrogen) atoms. The summed E-state index contributed by atoms with van der Waals surface area (Å²) in [7, 11) is 1.26. The van der Waals surface area contributed by atoms with E-state index in [-0.39, 0.29) is 24.4 Å². The first-order chi connectivity index (χ1) is 12.3. The van der Waals surface area contributed by atoms with Crippen molar-refractivity contribution in [1.82, 2.24) is 29.7 Å². The van der Waals surface area contributed by atoms with Gasteiger partial charge in [0.25, 0.3) is 5.91 Å². The third-order valence-electron chi connectivity index (χ3n) is 4.68. The molecular weight excluding hydrogens is 377 g/mol. The van der Waals surface area contributed by atoms with Crippen molar-refractivity contribution in [2.45, 2.75) is 31.3 Å². The fraction of sp³-hybridized carbons (Fsp3) is 0.571. The highest BCUT2D eigenvalue weighted by Crippen LogP contribution is 2.37. The monoisotopic (exact) mass is 390 g/mol. The predicted octanol–water partition coefficient (Wildman–Crippen LogP) is 1.67. The number of piperidine rings is 1. The summed E-state index contributed by atoms with van der Waals surface area (Å²) in [6.45, 7) is 0.972. The van der Waals surface area contributed by atoms with Gasteiger partial charge >= 0.3 is 6.18 Å². The topological polar surface area (TPSA) is 78.1 Å². The number of nitrogens with zero attached hydrogens (tertiary/aromatic N) is 6. The lowest BCUT2D eigenvalue weighted by molar-refractivity contribution is -0.141. The van der Waals surface area contributed by atoms with E-state index >= 15 is 0 Å². The van der Waals surface area contributed by atoms with E-state index in [9.17, 15) is 18.0 Å². The van der Waals surface area contributed by atoms with Gasteiger partial charge < -0.3 is 9.64 Å². The number of hydrogen-bond donors (Lipinski definition) is 0. The van der Waals surface area contributed by atoms with Crippen LogP contribution in [0.2, 0.25) is 5.02 Å². The number of fused-ring (bicyclic) bond motifs is 3. The van der Waals surface area contributed by atoms with Crippen molar-refractivity contribution in [3.05, 3.63) is 28.3 Å². The number of halogens is 4. The van der Waals surface area contributed by atoms with Gasteiger partial charge in [0.2, 0.25) is 0 Å². The summed E-state index contributed by atoms with van der Waals surface area (Å²) in [5, 5.41) is 10.6. The van der Waals surface area contributed by atoms with E-state index in [1.165, 1.54) is 11.9 Å². The Morgan fingerprint density at radius 3 is 2.88 bits per heavy atom. The third-order valence-corrected chi connectivity index (χ3v) is 5.03. The number of amides is 1. The van der Waals surface area contributed by atoms with Gasteiger partial charge in [0.15, 0.2) is 5.69 Å². The van der Waals surface area contributed by atoms with Crippen molar-refractivity contribution in [2.75, 3.05) is 13.1 Å². The predicted molar refractivity (Wildman–Crippen MR) is 81.4 cm³/mol. The summed E-state index contributed by atoms with van der Waals surface area (Å²) in [5.74, 6) is -0.605. The van der Waals surface area contributed by atoms with Gasteiger partial charge in [-0.3, -0.25) is 9.48 Å².